The van der Waals surface area contributed by atoms with Crippen LogP contribution in [0.3, 0.4) is 0 Å². The van der Waals surface area contributed by atoms with Crippen LogP contribution in [-0.2, 0) is 28.6 Å². The highest BCUT2D eigenvalue weighted by atomic mass is 16.6. The van der Waals surface area contributed by atoms with E-state index >= 15 is 0 Å². The molecule has 1 unspecified atom stereocenters. The van der Waals surface area contributed by atoms with Gasteiger partial charge >= 0.3 is 17.9 Å². The highest BCUT2D eigenvalue weighted by Gasteiger charge is 2.19. The summed E-state index contributed by atoms with van der Waals surface area (Å²) in [6.07, 6.45) is 49.8. The van der Waals surface area contributed by atoms with Gasteiger partial charge in [-0.25, -0.2) is 0 Å². The smallest absolute Gasteiger partial charge is 0.306 e. The standard InChI is InChI=1S/C49H88O6/c1-4-7-10-13-16-19-22-24-27-30-33-36-39-42-48(51)54-45-46(44-53-47(50)41-38-35-32-29-26-21-18-15-12-9-6-3)55-49(52)43-40-37-34-31-28-25-23-20-17-14-11-8-5-2/h15,18-20,22-23,46H,4-14,16-17,21,24-45H2,1-3H3/b18-15-,22-19-,23-20-. The molecule has 0 aromatic carbocycles. The Balaban J connectivity index is 4.40. The normalized spacial score (nSPS) is 12.3. The third kappa shape index (κ3) is 42.6. The van der Waals surface area contributed by atoms with Crippen LogP contribution in [0.5, 0.6) is 0 Å². The van der Waals surface area contributed by atoms with E-state index in [1.54, 1.807) is 0 Å². The minimum Gasteiger partial charge on any atom is -0.462 e. The van der Waals surface area contributed by atoms with E-state index in [0.717, 1.165) is 83.5 Å². The van der Waals surface area contributed by atoms with E-state index in [0.29, 0.717) is 19.3 Å². The quantitative estimate of drug-likeness (QED) is 0.0266. The van der Waals surface area contributed by atoms with Crippen molar-refractivity contribution < 1.29 is 28.6 Å². The van der Waals surface area contributed by atoms with Gasteiger partial charge in [0.25, 0.3) is 0 Å². The van der Waals surface area contributed by atoms with E-state index in [1.807, 2.05) is 0 Å². The summed E-state index contributed by atoms with van der Waals surface area (Å²) in [5, 5.41) is 0. The molecular formula is C49H88O6. The molecule has 0 bridgehead atoms. The molecule has 320 valence electrons. The lowest BCUT2D eigenvalue weighted by molar-refractivity contribution is -0.167. The average Bonchev–Trinajstić information content (AvgIpc) is 3.18. The summed E-state index contributed by atoms with van der Waals surface area (Å²) in [6.45, 7) is 6.54. The molecule has 55 heavy (non-hydrogen) atoms. The summed E-state index contributed by atoms with van der Waals surface area (Å²) in [5.74, 6) is -0.907. The van der Waals surface area contributed by atoms with Crippen molar-refractivity contribution >= 4 is 17.9 Å². The van der Waals surface area contributed by atoms with E-state index in [4.69, 9.17) is 14.2 Å². The van der Waals surface area contributed by atoms with Gasteiger partial charge in [0.1, 0.15) is 13.2 Å². The van der Waals surface area contributed by atoms with Gasteiger partial charge in [0.15, 0.2) is 6.10 Å². The van der Waals surface area contributed by atoms with Crippen LogP contribution >= 0.6 is 0 Å². The van der Waals surface area contributed by atoms with Crippen molar-refractivity contribution in [2.75, 3.05) is 13.2 Å². The Bertz CT molecular complexity index is 938. The van der Waals surface area contributed by atoms with Gasteiger partial charge in [0.05, 0.1) is 0 Å². The zero-order chi connectivity index (χ0) is 40.1. The Kier molecular flexibility index (Phi) is 42.4. The third-order valence-electron chi connectivity index (χ3n) is 10.1. The fourth-order valence-corrected chi connectivity index (χ4v) is 6.47. The van der Waals surface area contributed by atoms with E-state index < -0.39 is 6.10 Å². The molecule has 0 aliphatic heterocycles. The number of carbonyl (C=O) groups is 3. The largest absolute Gasteiger partial charge is 0.462 e. The Morgan fingerprint density at radius 1 is 0.345 bits per heavy atom. The molecule has 6 heteroatoms. The van der Waals surface area contributed by atoms with Crippen LogP contribution in [0.2, 0.25) is 0 Å². The first-order valence-corrected chi connectivity index (χ1v) is 23.5. The van der Waals surface area contributed by atoms with Crippen LogP contribution < -0.4 is 0 Å². The number of hydrogen-bond donors (Lipinski definition) is 0. The molecule has 0 amide bonds. The number of esters is 3. The summed E-state index contributed by atoms with van der Waals surface area (Å²) >= 11 is 0. The molecule has 0 heterocycles. The molecule has 0 aromatic heterocycles. The fourth-order valence-electron chi connectivity index (χ4n) is 6.47. The van der Waals surface area contributed by atoms with Crippen molar-refractivity contribution in [3.63, 3.8) is 0 Å². The maximum Gasteiger partial charge on any atom is 0.306 e. The first kappa shape index (κ1) is 52.6. The zero-order valence-electron chi connectivity index (χ0n) is 36.4. The molecule has 0 saturated heterocycles. The molecule has 0 spiro atoms. The molecule has 0 aliphatic carbocycles. The highest BCUT2D eigenvalue weighted by Crippen LogP contribution is 2.13. The SMILES string of the molecule is CCCC/C=C\CCCCCCCC(=O)OCC(COC(=O)CCCCCCC/C=C\CCCCCC)OC(=O)CCCCCCC/C=C\CCCCCC. The number of unbranched alkanes of at least 4 members (excludes halogenated alkanes) is 25. The summed E-state index contributed by atoms with van der Waals surface area (Å²) in [5.41, 5.74) is 0. The van der Waals surface area contributed by atoms with E-state index in [2.05, 4.69) is 57.2 Å². The average molecular weight is 773 g/mol. The van der Waals surface area contributed by atoms with E-state index in [1.165, 1.54) is 116 Å². The molecular weight excluding hydrogens is 685 g/mol. The molecule has 6 nitrogen and oxygen atoms in total. The number of rotatable bonds is 42. The van der Waals surface area contributed by atoms with E-state index in [-0.39, 0.29) is 31.1 Å². The van der Waals surface area contributed by atoms with Crippen molar-refractivity contribution in [3.05, 3.63) is 36.5 Å². The van der Waals surface area contributed by atoms with Crippen LogP contribution in [0.4, 0.5) is 0 Å². The van der Waals surface area contributed by atoms with Gasteiger partial charge in [0.2, 0.25) is 0 Å². The van der Waals surface area contributed by atoms with Crippen molar-refractivity contribution in [1.29, 1.82) is 0 Å². The molecule has 0 aromatic rings. The van der Waals surface area contributed by atoms with Crippen molar-refractivity contribution in [2.45, 2.75) is 245 Å². The monoisotopic (exact) mass is 773 g/mol. The predicted octanol–water partition coefficient (Wildman–Crippen LogP) is 15.0. The molecule has 0 saturated carbocycles. The Labute approximate surface area is 340 Å². The second-order valence-electron chi connectivity index (χ2n) is 15.7. The second kappa shape index (κ2) is 44.3. The van der Waals surface area contributed by atoms with Gasteiger partial charge in [-0.15, -0.1) is 0 Å². The van der Waals surface area contributed by atoms with Crippen LogP contribution in [-0.4, -0.2) is 37.2 Å². The summed E-state index contributed by atoms with van der Waals surface area (Å²) in [4.78, 5) is 37.7. The van der Waals surface area contributed by atoms with Crippen molar-refractivity contribution in [2.24, 2.45) is 0 Å². The van der Waals surface area contributed by atoms with Gasteiger partial charge in [0, 0.05) is 19.3 Å². The maximum absolute atomic E-state index is 12.7. The van der Waals surface area contributed by atoms with Gasteiger partial charge in [-0.2, -0.15) is 0 Å². The number of carbonyl (C=O) groups excluding carboxylic acids is 3. The molecule has 1 atom stereocenters. The number of hydrogen-bond acceptors (Lipinski definition) is 6. The Morgan fingerprint density at radius 2 is 0.618 bits per heavy atom. The first-order valence-electron chi connectivity index (χ1n) is 23.5. The lowest BCUT2D eigenvalue weighted by atomic mass is 10.1. The molecule has 0 rings (SSSR count). The van der Waals surface area contributed by atoms with Gasteiger partial charge in [-0.05, 0) is 89.9 Å². The van der Waals surface area contributed by atoms with Crippen LogP contribution in [0.1, 0.15) is 239 Å². The van der Waals surface area contributed by atoms with Crippen LogP contribution in [0.25, 0.3) is 0 Å². The van der Waals surface area contributed by atoms with Crippen LogP contribution in [0, 0.1) is 0 Å². The Hall–Kier alpha value is -2.37. The minimum atomic E-state index is -0.778. The summed E-state index contributed by atoms with van der Waals surface area (Å²) < 4.78 is 16.7. The topological polar surface area (TPSA) is 78.9 Å². The third-order valence-corrected chi connectivity index (χ3v) is 10.1. The number of ether oxygens (including phenoxy) is 3. The zero-order valence-corrected chi connectivity index (χ0v) is 36.4. The predicted molar refractivity (Wildman–Crippen MR) is 233 cm³/mol. The maximum atomic E-state index is 12.7. The highest BCUT2D eigenvalue weighted by molar-refractivity contribution is 5.71. The van der Waals surface area contributed by atoms with Crippen LogP contribution in [0.15, 0.2) is 36.5 Å². The van der Waals surface area contributed by atoms with Gasteiger partial charge in [-0.1, -0.05) is 166 Å². The summed E-state index contributed by atoms with van der Waals surface area (Å²) in [6, 6.07) is 0. The lowest BCUT2D eigenvalue weighted by Crippen LogP contribution is -2.30. The summed E-state index contributed by atoms with van der Waals surface area (Å²) in [7, 11) is 0. The molecule has 0 aliphatic rings. The minimum absolute atomic E-state index is 0.0817. The van der Waals surface area contributed by atoms with Gasteiger partial charge < -0.3 is 14.2 Å². The van der Waals surface area contributed by atoms with Crippen molar-refractivity contribution in [1.82, 2.24) is 0 Å². The lowest BCUT2D eigenvalue weighted by Gasteiger charge is -2.18. The molecule has 0 fully saturated rings. The van der Waals surface area contributed by atoms with Crippen molar-refractivity contribution in [3.8, 4) is 0 Å². The molecule has 0 radical (unpaired) electrons. The first-order chi connectivity index (χ1) is 27.0. The van der Waals surface area contributed by atoms with Gasteiger partial charge in [-0.3, -0.25) is 14.4 Å². The fraction of sp³-hybridized carbons (Fsp3) is 0.816. The number of allylic oxidation sites excluding steroid dienone is 6. The Morgan fingerprint density at radius 3 is 0.964 bits per heavy atom. The van der Waals surface area contributed by atoms with E-state index in [9.17, 15) is 14.4 Å². The molecule has 0 N–H and O–H groups in total. The second-order valence-corrected chi connectivity index (χ2v) is 15.7.